The predicted octanol–water partition coefficient (Wildman–Crippen LogP) is 3.57. The van der Waals surface area contributed by atoms with Crippen molar-refractivity contribution in [2.45, 2.75) is 66.0 Å². The molecule has 0 saturated heterocycles. The number of nitrogens with zero attached hydrogens (tertiary/aromatic N) is 2. The van der Waals surface area contributed by atoms with Crippen LogP contribution in [0.5, 0.6) is 0 Å². The van der Waals surface area contributed by atoms with Crippen molar-refractivity contribution < 1.29 is 5.11 Å². The number of aliphatic hydroxyl groups is 1. The Labute approximate surface area is 119 Å². The van der Waals surface area contributed by atoms with Crippen LogP contribution in [0.3, 0.4) is 0 Å². The van der Waals surface area contributed by atoms with Crippen LogP contribution < -0.4 is 0 Å². The topological polar surface area (TPSA) is 38.0 Å². The summed E-state index contributed by atoms with van der Waals surface area (Å²) in [4.78, 5) is 0. The predicted molar refractivity (Wildman–Crippen MR) is 78.8 cm³/mol. The van der Waals surface area contributed by atoms with E-state index in [4.69, 9.17) is 0 Å². The summed E-state index contributed by atoms with van der Waals surface area (Å²) in [7, 11) is 0. The molecule has 1 N–H and O–H groups in total. The Bertz CT molecular complexity index is 397. The maximum Gasteiger partial charge on any atom is 0.0766 e. The number of hydrogen-bond acceptors (Lipinski definition) is 2. The molecule has 0 aliphatic rings. The van der Waals surface area contributed by atoms with Crippen molar-refractivity contribution in [3.63, 3.8) is 0 Å². The molecule has 1 heterocycles. The molecule has 0 aromatic carbocycles. The maximum atomic E-state index is 10.5. The molecular formula is C14H25BrN2O. The lowest BCUT2D eigenvalue weighted by molar-refractivity contribution is 0.0367. The van der Waals surface area contributed by atoms with E-state index in [2.05, 4.69) is 48.7 Å². The number of halogens is 1. The normalized spacial score (nSPS) is 15.1. The van der Waals surface area contributed by atoms with Gasteiger partial charge in [0, 0.05) is 13.0 Å². The second kappa shape index (κ2) is 6.20. The monoisotopic (exact) mass is 316 g/mol. The van der Waals surface area contributed by atoms with E-state index in [0.29, 0.717) is 12.3 Å². The summed E-state index contributed by atoms with van der Waals surface area (Å²) >= 11 is 3.63. The first-order valence-corrected chi connectivity index (χ1v) is 7.56. The average Bonchev–Trinajstić information content (AvgIpc) is 2.53. The summed E-state index contributed by atoms with van der Waals surface area (Å²) in [6.45, 7) is 11.2. The van der Waals surface area contributed by atoms with E-state index in [-0.39, 0.29) is 0 Å². The SMILES string of the molecule is CCc1nn(CC)c(CC(C)(O)CC(C)C)c1Br. The minimum atomic E-state index is -0.672. The highest BCUT2D eigenvalue weighted by atomic mass is 79.9. The zero-order valence-corrected chi connectivity index (χ0v) is 13.7. The van der Waals surface area contributed by atoms with Crippen molar-refractivity contribution in [2.75, 3.05) is 0 Å². The van der Waals surface area contributed by atoms with Gasteiger partial charge in [0.2, 0.25) is 0 Å². The van der Waals surface area contributed by atoms with Crippen molar-refractivity contribution in [2.24, 2.45) is 5.92 Å². The molecular weight excluding hydrogens is 292 g/mol. The van der Waals surface area contributed by atoms with Gasteiger partial charge in [-0.2, -0.15) is 5.10 Å². The molecule has 0 aliphatic carbocycles. The van der Waals surface area contributed by atoms with Gasteiger partial charge in [-0.1, -0.05) is 20.8 Å². The van der Waals surface area contributed by atoms with Gasteiger partial charge in [0.15, 0.2) is 0 Å². The lowest BCUT2D eigenvalue weighted by atomic mass is 9.90. The lowest BCUT2D eigenvalue weighted by Gasteiger charge is -2.25. The fourth-order valence-corrected chi connectivity index (χ4v) is 3.20. The summed E-state index contributed by atoms with van der Waals surface area (Å²) in [6.07, 6.45) is 2.36. The minimum Gasteiger partial charge on any atom is -0.390 e. The van der Waals surface area contributed by atoms with E-state index in [1.54, 1.807) is 0 Å². The Morgan fingerprint density at radius 2 is 2.00 bits per heavy atom. The van der Waals surface area contributed by atoms with Gasteiger partial charge in [-0.25, -0.2) is 0 Å². The van der Waals surface area contributed by atoms with Gasteiger partial charge in [-0.3, -0.25) is 4.68 Å². The van der Waals surface area contributed by atoms with Crippen molar-refractivity contribution in [1.29, 1.82) is 0 Å². The van der Waals surface area contributed by atoms with E-state index in [1.807, 2.05) is 11.6 Å². The van der Waals surface area contributed by atoms with Gasteiger partial charge in [-0.15, -0.1) is 0 Å². The molecule has 4 heteroatoms. The third kappa shape index (κ3) is 3.82. The maximum absolute atomic E-state index is 10.5. The van der Waals surface area contributed by atoms with E-state index < -0.39 is 5.60 Å². The lowest BCUT2D eigenvalue weighted by Crippen LogP contribution is -2.30. The van der Waals surface area contributed by atoms with Gasteiger partial charge in [0.1, 0.15) is 0 Å². The van der Waals surface area contributed by atoms with Crippen LogP contribution >= 0.6 is 15.9 Å². The first-order valence-electron chi connectivity index (χ1n) is 6.77. The third-order valence-corrected chi connectivity index (χ3v) is 4.01. The quantitative estimate of drug-likeness (QED) is 0.871. The second-order valence-electron chi connectivity index (χ2n) is 5.65. The molecule has 18 heavy (non-hydrogen) atoms. The molecule has 104 valence electrons. The first-order chi connectivity index (χ1) is 8.30. The van der Waals surface area contributed by atoms with E-state index in [9.17, 15) is 5.11 Å². The molecule has 0 fully saturated rings. The molecule has 0 aliphatic heterocycles. The number of aryl methyl sites for hydroxylation is 2. The molecule has 0 spiro atoms. The first kappa shape index (κ1) is 15.7. The third-order valence-electron chi connectivity index (χ3n) is 3.09. The fourth-order valence-electron chi connectivity index (χ4n) is 2.50. The van der Waals surface area contributed by atoms with Gasteiger partial charge in [0.25, 0.3) is 0 Å². The van der Waals surface area contributed by atoms with Crippen LogP contribution in [0.1, 0.15) is 52.4 Å². The smallest absolute Gasteiger partial charge is 0.0766 e. The van der Waals surface area contributed by atoms with Gasteiger partial charge >= 0.3 is 0 Å². The number of aromatic nitrogens is 2. The van der Waals surface area contributed by atoms with Crippen LogP contribution in [0.2, 0.25) is 0 Å². The summed E-state index contributed by atoms with van der Waals surface area (Å²) < 4.78 is 3.06. The summed E-state index contributed by atoms with van der Waals surface area (Å²) in [6, 6.07) is 0. The molecule has 1 unspecified atom stereocenters. The molecule has 0 bridgehead atoms. The Morgan fingerprint density at radius 3 is 2.44 bits per heavy atom. The van der Waals surface area contributed by atoms with E-state index >= 15 is 0 Å². The molecule has 1 aromatic heterocycles. The van der Waals surface area contributed by atoms with Crippen molar-refractivity contribution in [3.8, 4) is 0 Å². The highest BCUT2D eigenvalue weighted by Crippen LogP contribution is 2.28. The van der Waals surface area contributed by atoms with E-state index in [1.165, 1.54) is 0 Å². The highest BCUT2D eigenvalue weighted by molar-refractivity contribution is 9.10. The zero-order valence-electron chi connectivity index (χ0n) is 12.1. The van der Waals surface area contributed by atoms with Crippen LogP contribution in [-0.4, -0.2) is 20.5 Å². The number of rotatable bonds is 6. The standard InChI is InChI=1S/C14H25BrN2O/c1-6-11-13(15)12(17(7-2)16-11)9-14(5,18)8-10(3)4/h10,18H,6-9H2,1-5H3. The average molecular weight is 317 g/mol. The van der Waals surface area contributed by atoms with Gasteiger partial charge in [0.05, 0.1) is 21.5 Å². The van der Waals surface area contributed by atoms with Crippen LogP contribution in [0.25, 0.3) is 0 Å². The van der Waals surface area contributed by atoms with Crippen molar-refractivity contribution in [3.05, 3.63) is 15.9 Å². The van der Waals surface area contributed by atoms with Crippen LogP contribution in [0.4, 0.5) is 0 Å². The largest absolute Gasteiger partial charge is 0.390 e. The van der Waals surface area contributed by atoms with Crippen molar-refractivity contribution in [1.82, 2.24) is 9.78 Å². The number of hydrogen-bond donors (Lipinski definition) is 1. The molecule has 3 nitrogen and oxygen atoms in total. The van der Waals surface area contributed by atoms with Crippen LogP contribution in [0.15, 0.2) is 4.47 Å². The minimum absolute atomic E-state index is 0.488. The molecule has 0 saturated carbocycles. The zero-order chi connectivity index (χ0) is 13.9. The van der Waals surface area contributed by atoms with Gasteiger partial charge < -0.3 is 5.11 Å². The molecule has 0 radical (unpaired) electrons. The second-order valence-corrected chi connectivity index (χ2v) is 6.44. The Kier molecular flexibility index (Phi) is 5.41. The Morgan fingerprint density at radius 1 is 1.39 bits per heavy atom. The highest BCUT2D eigenvalue weighted by Gasteiger charge is 2.26. The Hall–Kier alpha value is -0.350. The Balaban J connectivity index is 2.99. The molecule has 1 aromatic rings. The molecule has 1 atom stereocenters. The summed E-state index contributed by atoms with van der Waals surface area (Å²) in [5.41, 5.74) is 1.52. The summed E-state index contributed by atoms with van der Waals surface area (Å²) in [5, 5.41) is 15.1. The molecule has 1 rings (SSSR count). The summed E-state index contributed by atoms with van der Waals surface area (Å²) in [5.74, 6) is 0.488. The van der Waals surface area contributed by atoms with Crippen LogP contribution in [0, 0.1) is 5.92 Å². The fraction of sp³-hybridized carbons (Fsp3) is 0.786. The van der Waals surface area contributed by atoms with Crippen molar-refractivity contribution >= 4 is 15.9 Å². The van der Waals surface area contributed by atoms with Crippen LogP contribution in [-0.2, 0) is 19.4 Å². The van der Waals surface area contributed by atoms with E-state index in [0.717, 1.165) is 35.2 Å². The van der Waals surface area contributed by atoms with Gasteiger partial charge in [-0.05, 0) is 48.5 Å². The molecule has 0 amide bonds.